The number of allylic oxidation sites excluding steroid dienone is 2. The van der Waals surface area contributed by atoms with Crippen molar-refractivity contribution < 1.29 is 4.39 Å². The van der Waals surface area contributed by atoms with Gasteiger partial charge in [-0.25, -0.2) is 4.39 Å². The van der Waals surface area contributed by atoms with Gasteiger partial charge in [-0.05, 0) is 18.6 Å². The lowest BCUT2D eigenvalue weighted by atomic mass is 9.85. The molecule has 1 aliphatic rings. The molecule has 0 saturated heterocycles. The van der Waals surface area contributed by atoms with E-state index in [1.54, 1.807) is 6.08 Å². The molecule has 2 nitrogen and oxygen atoms in total. The Bertz CT molecular complexity index is 210. The molecule has 1 aliphatic carbocycles. The quantitative estimate of drug-likeness (QED) is 0.591. The van der Waals surface area contributed by atoms with Crippen molar-refractivity contribution in [2.75, 3.05) is 0 Å². The molecule has 62 valence electrons. The maximum atomic E-state index is 12.7. The van der Waals surface area contributed by atoms with Crippen LogP contribution in [0.25, 0.3) is 0 Å². The lowest BCUT2D eigenvalue weighted by molar-refractivity contribution is 0.438. The van der Waals surface area contributed by atoms with E-state index >= 15 is 0 Å². The molecule has 1 rings (SSSR count). The van der Waals surface area contributed by atoms with Crippen LogP contribution in [0.2, 0.25) is 0 Å². The Hall–Kier alpha value is -0.670. The van der Waals surface area contributed by atoms with Crippen LogP contribution in [0.5, 0.6) is 0 Å². The largest absolute Gasteiger partial charge is 0.323 e. The molecule has 0 fully saturated rings. The van der Waals surface area contributed by atoms with Crippen molar-refractivity contribution >= 4 is 0 Å². The van der Waals surface area contributed by atoms with Crippen LogP contribution < -0.4 is 11.5 Å². The van der Waals surface area contributed by atoms with Crippen molar-refractivity contribution in [2.45, 2.75) is 24.9 Å². The first kappa shape index (κ1) is 8.43. The fourth-order valence-corrected chi connectivity index (χ4v) is 1.11. The van der Waals surface area contributed by atoms with E-state index in [1.165, 1.54) is 12.2 Å². The van der Waals surface area contributed by atoms with E-state index < -0.39 is 5.54 Å². The second-order valence-electron chi connectivity index (χ2n) is 2.88. The SMILES string of the molecule is CCC1(N)C=C(F)C=CC1N. The van der Waals surface area contributed by atoms with Gasteiger partial charge in [0.05, 0.1) is 5.54 Å². The normalized spacial score (nSPS) is 37.1. The van der Waals surface area contributed by atoms with Crippen molar-refractivity contribution in [3.05, 3.63) is 24.1 Å². The topological polar surface area (TPSA) is 52.0 Å². The van der Waals surface area contributed by atoms with E-state index in [9.17, 15) is 4.39 Å². The van der Waals surface area contributed by atoms with Crippen molar-refractivity contribution in [2.24, 2.45) is 11.5 Å². The summed E-state index contributed by atoms with van der Waals surface area (Å²) in [4.78, 5) is 0. The van der Waals surface area contributed by atoms with Gasteiger partial charge in [-0.2, -0.15) is 0 Å². The Morgan fingerprint density at radius 2 is 2.36 bits per heavy atom. The lowest BCUT2D eigenvalue weighted by Gasteiger charge is -2.31. The Morgan fingerprint density at radius 3 is 2.82 bits per heavy atom. The van der Waals surface area contributed by atoms with Crippen molar-refractivity contribution in [3.8, 4) is 0 Å². The fraction of sp³-hybridized carbons (Fsp3) is 0.500. The zero-order valence-electron chi connectivity index (χ0n) is 6.55. The van der Waals surface area contributed by atoms with Gasteiger partial charge in [0.15, 0.2) is 0 Å². The Morgan fingerprint density at radius 1 is 1.73 bits per heavy atom. The zero-order valence-corrected chi connectivity index (χ0v) is 6.55. The van der Waals surface area contributed by atoms with Crippen molar-refractivity contribution in [3.63, 3.8) is 0 Å². The second-order valence-corrected chi connectivity index (χ2v) is 2.88. The highest BCUT2D eigenvalue weighted by Crippen LogP contribution is 2.21. The highest BCUT2D eigenvalue weighted by Gasteiger charge is 2.29. The van der Waals surface area contributed by atoms with Crippen LogP contribution in [0.3, 0.4) is 0 Å². The van der Waals surface area contributed by atoms with Crippen LogP contribution in [0.1, 0.15) is 13.3 Å². The Kier molecular flexibility index (Phi) is 2.11. The minimum Gasteiger partial charge on any atom is -0.323 e. The molecular weight excluding hydrogens is 143 g/mol. The molecule has 0 spiro atoms. The van der Waals surface area contributed by atoms with Crippen LogP contribution in [0.15, 0.2) is 24.1 Å². The molecule has 0 aromatic heterocycles. The molecule has 0 saturated carbocycles. The van der Waals surface area contributed by atoms with E-state index in [-0.39, 0.29) is 11.9 Å². The first-order valence-electron chi connectivity index (χ1n) is 3.69. The maximum absolute atomic E-state index is 12.7. The molecule has 11 heavy (non-hydrogen) atoms. The van der Waals surface area contributed by atoms with Crippen molar-refractivity contribution in [1.82, 2.24) is 0 Å². The van der Waals surface area contributed by atoms with Gasteiger partial charge >= 0.3 is 0 Å². The third-order valence-electron chi connectivity index (χ3n) is 2.10. The predicted molar refractivity (Wildman–Crippen MR) is 43.5 cm³/mol. The summed E-state index contributed by atoms with van der Waals surface area (Å²) in [5.41, 5.74) is 10.8. The molecule has 3 heteroatoms. The number of nitrogens with two attached hydrogens (primary N) is 2. The molecule has 4 N–H and O–H groups in total. The second kappa shape index (κ2) is 2.75. The van der Waals surface area contributed by atoms with Crippen LogP contribution in [0, 0.1) is 0 Å². The maximum Gasteiger partial charge on any atom is 0.120 e. The van der Waals surface area contributed by atoms with Crippen LogP contribution in [-0.4, -0.2) is 11.6 Å². The van der Waals surface area contributed by atoms with Gasteiger partial charge in [0.2, 0.25) is 0 Å². The lowest BCUT2D eigenvalue weighted by Crippen LogP contribution is -2.53. The van der Waals surface area contributed by atoms with Gasteiger partial charge in [-0.3, -0.25) is 0 Å². The van der Waals surface area contributed by atoms with E-state index in [0.717, 1.165) is 0 Å². The number of halogens is 1. The summed E-state index contributed by atoms with van der Waals surface area (Å²) in [6, 6.07) is -0.271. The summed E-state index contributed by atoms with van der Waals surface area (Å²) < 4.78 is 12.7. The van der Waals surface area contributed by atoms with E-state index in [1.807, 2.05) is 6.92 Å². The van der Waals surface area contributed by atoms with Gasteiger partial charge in [-0.15, -0.1) is 0 Å². The van der Waals surface area contributed by atoms with E-state index in [4.69, 9.17) is 11.5 Å². The molecule has 0 radical (unpaired) electrons. The minimum atomic E-state index is -0.696. The van der Waals surface area contributed by atoms with Gasteiger partial charge in [0.25, 0.3) is 0 Å². The van der Waals surface area contributed by atoms with Gasteiger partial charge in [-0.1, -0.05) is 13.0 Å². The van der Waals surface area contributed by atoms with E-state index in [0.29, 0.717) is 6.42 Å². The van der Waals surface area contributed by atoms with Crippen LogP contribution in [-0.2, 0) is 0 Å². The van der Waals surface area contributed by atoms with Gasteiger partial charge < -0.3 is 11.5 Å². The van der Waals surface area contributed by atoms with Gasteiger partial charge in [0, 0.05) is 6.04 Å². The standard InChI is InChI=1S/C8H13FN2/c1-2-8(11)5-6(9)3-4-7(8)10/h3-5,7H,2,10-11H2,1H3. The fourth-order valence-electron chi connectivity index (χ4n) is 1.11. The molecule has 2 unspecified atom stereocenters. The highest BCUT2D eigenvalue weighted by atomic mass is 19.1. The molecular formula is C8H13FN2. The third kappa shape index (κ3) is 1.49. The monoisotopic (exact) mass is 156 g/mol. The summed E-state index contributed by atoms with van der Waals surface area (Å²) >= 11 is 0. The van der Waals surface area contributed by atoms with E-state index in [2.05, 4.69) is 0 Å². The summed E-state index contributed by atoms with van der Waals surface area (Å²) in [7, 11) is 0. The molecule has 0 aromatic carbocycles. The van der Waals surface area contributed by atoms with Crippen LogP contribution >= 0.6 is 0 Å². The number of hydrogen-bond donors (Lipinski definition) is 2. The summed E-state index contributed by atoms with van der Waals surface area (Å²) in [6.45, 7) is 1.89. The molecule has 0 aliphatic heterocycles. The highest BCUT2D eigenvalue weighted by molar-refractivity contribution is 5.29. The Balaban J connectivity index is 2.89. The first-order valence-corrected chi connectivity index (χ1v) is 3.69. The smallest absolute Gasteiger partial charge is 0.120 e. The van der Waals surface area contributed by atoms with Crippen molar-refractivity contribution in [1.29, 1.82) is 0 Å². The first-order chi connectivity index (χ1) is 5.08. The average molecular weight is 156 g/mol. The van der Waals surface area contributed by atoms with Crippen LogP contribution in [0.4, 0.5) is 4.39 Å². The summed E-state index contributed by atoms with van der Waals surface area (Å²) in [6.07, 6.45) is 4.98. The number of rotatable bonds is 1. The third-order valence-corrected chi connectivity index (χ3v) is 2.10. The zero-order chi connectivity index (χ0) is 8.48. The Labute approximate surface area is 65.8 Å². The average Bonchev–Trinajstić information content (AvgIpc) is 1.98. The summed E-state index contributed by atoms with van der Waals surface area (Å²) in [5.74, 6) is -0.295. The summed E-state index contributed by atoms with van der Waals surface area (Å²) in [5, 5.41) is 0. The molecule has 0 amide bonds. The molecule has 0 heterocycles. The molecule has 0 bridgehead atoms. The van der Waals surface area contributed by atoms with Gasteiger partial charge in [0.1, 0.15) is 5.83 Å². The minimum absolute atomic E-state index is 0.271. The number of hydrogen-bond acceptors (Lipinski definition) is 2. The predicted octanol–water partition coefficient (Wildman–Crippen LogP) is 0.844. The molecule has 2 atom stereocenters. The molecule has 0 aromatic rings.